The Hall–Kier alpha value is -2.40. The van der Waals surface area contributed by atoms with Crippen LogP contribution in [0.5, 0.6) is 11.5 Å². The maximum Gasteiger partial charge on any atom is 0.191 e. The van der Waals surface area contributed by atoms with Crippen molar-refractivity contribution in [3.8, 4) is 11.5 Å². The van der Waals surface area contributed by atoms with Gasteiger partial charge in [0.1, 0.15) is 18.1 Å². The maximum atomic E-state index is 5.92. The molecule has 0 aromatic heterocycles. The molecule has 0 aliphatic heterocycles. The highest BCUT2D eigenvalue weighted by atomic mass is 35.5. The molecule has 5 nitrogen and oxygen atoms in total. The van der Waals surface area contributed by atoms with Gasteiger partial charge in [0.2, 0.25) is 0 Å². The molecule has 0 radical (unpaired) electrons. The van der Waals surface area contributed by atoms with Crippen molar-refractivity contribution < 1.29 is 9.47 Å². The zero-order valence-corrected chi connectivity index (χ0v) is 14.6. The van der Waals surface area contributed by atoms with E-state index in [1.54, 1.807) is 20.2 Å². The molecule has 24 heavy (non-hydrogen) atoms. The molecule has 128 valence electrons. The Morgan fingerprint density at radius 1 is 1.08 bits per heavy atom. The predicted octanol–water partition coefficient (Wildman–Crippen LogP) is 3.09. The Labute approximate surface area is 147 Å². The number of ether oxygens (including phenoxy) is 2. The van der Waals surface area contributed by atoms with E-state index in [0.717, 1.165) is 23.0 Å². The van der Waals surface area contributed by atoms with Gasteiger partial charge in [-0.25, -0.2) is 0 Å². The van der Waals surface area contributed by atoms with Crippen LogP contribution in [0, 0.1) is 0 Å². The number of nitrogens with zero attached hydrogens (tertiary/aromatic N) is 1. The van der Waals surface area contributed by atoms with Crippen molar-refractivity contribution in [1.29, 1.82) is 0 Å². The van der Waals surface area contributed by atoms with Gasteiger partial charge < -0.3 is 20.1 Å². The third-order valence-electron chi connectivity index (χ3n) is 3.30. The standard InChI is InChI=1S/C18H22ClN3O2/c1-20-18(22-13-14-6-8-16(23-2)9-7-14)21-10-11-24-17-5-3-4-15(19)12-17/h3-9,12H,10-11,13H2,1-2H3,(H2,20,21,22). The van der Waals surface area contributed by atoms with Crippen LogP contribution in [0.4, 0.5) is 0 Å². The summed E-state index contributed by atoms with van der Waals surface area (Å²) in [6.07, 6.45) is 0. The lowest BCUT2D eigenvalue weighted by Crippen LogP contribution is -2.38. The highest BCUT2D eigenvalue weighted by Gasteiger charge is 2.00. The number of methoxy groups -OCH3 is 1. The first-order valence-corrected chi connectivity index (χ1v) is 8.05. The van der Waals surface area contributed by atoms with E-state index in [9.17, 15) is 0 Å². The Kier molecular flexibility index (Phi) is 7.23. The highest BCUT2D eigenvalue weighted by Crippen LogP contribution is 2.16. The Balaban J connectivity index is 1.70. The minimum atomic E-state index is 0.517. The van der Waals surface area contributed by atoms with Crippen LogP contribution in [0.15, 0.2) is 53.5 Å². The van der Waals surface area contributed by atoms with E-state index in [4.69, 9.17) is 21.1 Å². The van der Waals surface area contributed by atoms with Gasteiger partial charge in [-0.3, -0.25) is 4.99 Å². The fraction of sp³-hybridized carbons (Fsp3) is 0.278. The molecule has 0 aliphatic rings. The number of guanidine groups is 1. The molecule has 6 heteroatoms. The quantitative estimate of drug-likeness (QED) is 0.459. The molecule has 0 saturated heterocycles. The van der Waals surface area contributed by atoms with Crippen LogP contribution in [0.3, 0.4) is 0 Å². The number of benzene rings is 2. The summed E-state index contributed by atoms with van der Waals surface area (Å²) in [5, 5.41) is 7.12. The lowest BCUT2D eigenvalue weighted by Gasteiger charge is -2.13. The number of aliphatic imine (C=N–C) groups is 1. The summed E-state index contributed by atoms with van der Waals surface area (Å²) in [7, 11) is 3.39. The third kappa shape index (κ3) is 6.01. The summed E-state index contributed by atoms with van der Waals surface area (Å²) in [5.74, 6) is 2.32. The predicted molar refractivity (Wildman–Crippen MR) is 98.1 cm³/mol. The van der Waals surface area contributed by atoms with Crippen LogP contribution in [-0.2, 0) is 6.54 Å². The smallest absolute Gasteiger partial charge is 0.191 e. The lowest BCUT2D eigenvalue weighted by atomic mass is 10.2. The Morgan fingerprint density at radius 3 is 2.54 bits per heavy atom. The molecule has 0 atom stereocenters. The van der Waals surface area contributed by atoms with Gasteiger partial charge in [-0.1, -0.05) is 29.8 Å². The van der Waals surface area contributed by atoms with Crippen LogP contribution >= 0.6 is 11.6 Å². The number of rotatable bonds is 7. The molecule has 0 aliphatic carbocycles. The molecule has 0 unspecified atom stereocenters. The maximum absolute atomic E-state index is 5.92. The number of nitrogens with one attached hydrogen (secondary N) is 2. The van der Waals surface area contributed by atoms with E-state index < -0.39 is 0 Å². The Morgan fingerprint density at radius 2 is 1.88 bits per heavy atom. The normalized spacial score (nSPS) is 11.0. The molecule has 0 saturated carbocycles. The fourth-order valence-electron chi connectivity index (χ4n) is 2.04. The van der Waals surface area contributed by atoms with Crippen molar-refractivity contribution in [2.24, 2.45) is 4.99 Å². The average Bonchev–Trinajstić information content (AvgIpc) is 2.61. The molecule has 0 spiro atoms. The van der Waals surface area contributed by atoms with Crippen molar-refractivity contribution in [1.82, 2.24) is 10.6 Å². The van der Waals surface area contributed by atoms with Crippen molar-refractivity contribution >= 4 is 17.6 Å². The lowest BCUT2D eigenvalue weighted by molar-refractivity contribution is 0.322. The van der Waals surface area contributed by atoms with Crippen LogP contribution in [0.1, 0.15) is 5.56 Å². The van der Waals surface area contributed by atoms with Crippen LogP contribution in [0.25, 0.3) is 0 Å². The van der Waals surface area contributed by atoms with Crippen LogP contribution < -0.4 is 20.1 Å². The molecule has 0 heterocycles. The van der Waals surface area contributed by atoms with Crippen LogP contribution in [-0.4, -0.2) is 33.3 Å². The third-order valence-corrected chi connectivity index (χ3v) is 3.54. The molecule has 2 aromatic rings. The summed E-state index contributed by atoms with van der Waals surface area (Å²) >= 11 is 5.92. The largest absolute Gasteiger partial charge is 0.497 e. The summed E-state index contributed by atoms with van der Waals surface area (Å²) in [4.78, 5) is 4.19. The molecular weight excluding hydrogens is 326 g/mol. The summed E-state index contributed by atoms with van der Waals surface area (Å²) < 4.78 is 10.8. The SMILES string of the molecule is CN=C(NCCOc1cccc(Cl)c1)NCc1ccc(OC)cc1. The van der Waals surface area contributed by atoms with Gasteiger partial charge in [0.15, 0.2) is 5.96 Å². The average molecular weight is 348 g/mol. The van der Waals surface area contributed by atoms with E-state index in [1.807, 2.05) is 42.5 Å². The summed E-state index contributed by atoms with van der Waals surface area (Å²) in [5.41, 5.74) is 1.15. The minimum Gasteiger partial charge on any atom is -0.497 e. The van der Waals surface area contributed by atoms with E-state index in [1.165, 1.54) is 0 Å². The Bertz CT molecular complexity index is 660. The number of halogens is 1. The fourth-order valence-corrected chi connectivity index (χ4v) is 2.23. The van der Waals surface area contributed by atoms with E-state index >= 15 is 0 Å². The second kappa shape index (κ2) is 9.67. The van der Waals surface area contributed by atoms with Crippen molar-refractivity contribution in [2.45, 2.75) is 6.54 Å². The van der Waals surface area contributed by atoms with Crippen molar-refractivity contribution in [2.75, 3.05) is 27.3 Å². The van der Waals surface area contributed by atoms with Gasteiger partial charge >= 0.3 is 0 Å². The summed E-state index contributed by atoms with van der Waals surface area (Å²) in [6.45, 7) is 1.83. The first kappa shape index (κ1) is 17.9. The van der Waals surface area contributed by atoms with E-state index in [2.05, 4.69) is 15.6 Å². The minimum absolute atomic E-state index is 0.517. The van der Waals surface area contributed by atoms with Gasteiger partial charge in [0.05, 0.1) is 13.7 Å². The van der Waals surface area contributed by atoms with Gasteiger partial charge in [0.25, 0.3) is 0 Å². The first-order valence-electron chi connectivity index (χ1n) is 7.67. The number of hydrogen-bond acceptors (Lipinski definition) is 3. The second-order valence-corrected chi connectivity index (χ2v) is 5.44. The van der Waals surface area contributed by atoms with Gasteiger partial charge in [-0.15, -0.1) is 0 Å². The molecule has 0 bridgehead atoms. The highest BCUT2D eigenvalue weighted by molar-refractivity contribution is 6.30. The molecular formula is C18H22ClN3O2. The topological polar surface area (TPSA) is 54.9 Å². The first-order chi connectivity index (χ1) is 11.7. The second-order valence-electron chi connectivity index (χ2n) is 5.01. The van der Waals surface area contributed by atoms with E-state index in [0.29, 0.717) is 24.7 Å². The molecule has 0 fully saturated rings. The van der Waals surface area contributed by atoms with Gasteiger partial charge in [-0.2, -0.15) is 0 Å². The molecule has 2 aromatic carbocycles. The van der Waals surface area contributed by atoms with Gasteiger partial charge in [-0.05, 0) is 35.9 Å². The molecule has 0 amide bonds. The number of hydrogen-bond donors (Lipinski definition) is 2. The molecule has 2 N–H and O–H groups in total. The molecule has 2 rings (SSSR count). The van der Waals surface area contributed by atoms with Gasteiger partial charge in [0, 0.05) is 18.6 Å². The monoisotopic (exact) mass is 347 g/mol. The zero-order valence-electron chi connectivity index (χ0n) is 13.9. The van der Waals surface area contributed by atoms with Crippen LogP contribution in [0.2, 0.25) is 5.02 Å². The zero-order chi connectivity index (χ0) is 17.2. The van der Waals surface area contributed by atoms with Crippen molar-refractivity contribution in [3.05, 3.63) is 59.1 Å². The summed E-state index contributed by atoms with van der Waals surface area (Å²) in [6, 6.07) is 15.2. The van der Waals surface area contributed by atoms with E-state index in [-0.39, 0.29) is 0 Å². The van der Waals surface area contributed by atoms with Crippen molar-refractivity contribution in [3.63, 3.8) is 0 Å².